The summed E-state index contributed by atoms with van der Waals surface area (Å²) in [6, 6.07) is 6.37. The zero-order valence-corrected chi connectivity index (χ0v) is 14.4. The fourth-order valence-corrected chi connectivity index (χ4v) is 3.19. The van der Waals surface area contributed by atoms with E-state index < -0.39 is 0 Å². The van der Waals surface area contributed by atoms with Crippen molar-refractivity contribution < 1.29 is 0 Å². The lowest BCUT2D eigenvalue weighted by Gasteiger charge is -2.37. The minimum absolute atomic E-state index is 0. The molecule has 0 saturated carbocycles. The number of likely N-dealkylation sites (tertiary alicyclic amines) is 1. The van der Waals surface area contributed by atoms with Crippen molar-refractivity contribution in [3.05, 3.63) is 33.8 Å². The zero-order chi connectivity index (χ0) is 13.8. The van der Waals surface area contributed by atoms with Gasteiger partial charge in [-0.2, -0.15) is 0 Å². The van der Waals surface area contributed by atoms with Crippen molar-refractivity contribution in [2.45, 2.75) is 25.8 Å². The van der Waals surface area contributed by atoms with Crippen LogP contribution in [0.15, 0.2) is 18.2 Å². The van der Waals surface area contributed by atoms with Gasteiger partial charge in [-0.15, -0.1) is 12.4 Å². The number of halogens is 3. The normalized spacial score (nSPS) is 21.3. The van der Waals surface area contributed by atoms with Crippen LogP contribution >= 0.6 is 35.6 Å². The first-order valence-corrected chi connectivity index (χ1v) is 7.71. The molecule has 1 saturated heterocycles. The molecule has 1 aromatic rings. The minimum Gasteiger partial charge on any atom is -0.319 e. The van der Waals surface area contributed by atoms with Crippen molar-refractivity contribution in [1.29, 1.82) is 0 Å². The number of benzene rings is 1. The van der Waals surface area contributed by atoms with Crippen LogP contribution < -0.4 is 5.32 Å². The first-order chi connectivity index (χ1) is 9.11. The summed E-state index contributed by atoms with van der Waals surface area (Å²) in [6.45, 7) is 5.68. The van der Waals surface area contributed by atoms with Crippen molar-refractivity contribution in [3.63, 3.8) is 0 Å². The minimum atomic E-state index is 0. The third-order valence-electron chi connectivity index (χ3n) is 4.02. The Kier molecular flexibility index (Phi) is 7.63. The molecule has 1 aliphatic heterocycles. The van der Waals surface area contributed by atoms with E-state index in [0.717, 1.165) is 19.0 Å². The van der Waals surface area contributed by atoms with Gasteiger partial charge in [0.25, 0.3) is 0 Å². The maximum atomic E-state index is 6.11. The van der Waals surface area contributed by atoms with Crippen LogP contribution in [0.25, 0.3) is 0 Å². The molecule has 2 rings (SSSR count). The quantitative estimate of drug-likeness (QED) is 0.875. The van der Waals surface area contributed by atoms with Crippen molar-refractivity contribution in [1.82, 2.24) is 10.2 Å². The molecule has 1 aliphatic rings. The lowest BCUT2D eigenvalue weighted by molar-refractivity contribution is 0.131. The van der Waals surface area contributed by atoms with Crippen LogP contribution in [0, 0.1) is 5.92 Å². The summed E-state index contributed by atoms with van der Waals surface area (Å²) in [7, 11) is 2.03. The highest BCUT2D eigenvalue weighted by Gasteiger charge is 2.24. The third kappa shape index (κ3) is 4.51. The number of nitrogens with one attached hydrogen (secondary N) is 1. The molecule has 0 aliphatic carbocycles. The van der Waals surface area contributed by atoms with Crippen molar-refractivity contribution >= 4 is 35.6 Å². The van der Waals surface area contributed by atoms with Crippen molar-refractivity contribution in [2.75, 3.05) is 26.7 Å². The van der Waals surface area contributed by atoms with E-state index in [1.54, 1.807) is 0 Å². The van der Waals surface area contributed by atoms with E-state index in [0.29, 0.717) is 16.1 Å². The molecule has 1 heterocycles. The SMILES string of the molecule is CNCC1CCCN(C(C)c2ccc(Cl)c(Cl)c2)C1.Cl. The van der Waals surface area contributed by atoms with Crippen LogP contribution in [0.3, 0.4) is 0 Å². The second-order valence-corrected chi connectivity index (χ2v) is 6.22. The highest BCUT2D eigenvalue weighted by atomic mass is 35.5. The van der Waals surface area contributed by atoms with Gasteiger partial charge in [-0.05, 0) is 63.5 Å². The highest BCUT2D eigenvalue weighted by molar-refractivity contribution is 6.42. The van der Waals surface area contributed by atoms with Crippen LogP contribution in [0.2, 0.25) is 10.0 Å². The monoisotopic (exact) mass is 336 g/mol. The van der Waals surface area contributed by atoms with Crippen LogP contribution in [0.4, 0.5) is 0 Å². The lowest BCUT2D eigenvalue weighted by Crippen LogP contribution is -2.40. The number of rotatable bonds is 4. The fourth-order valence-electron chi connectivity index (χ4n) is 2.89. The van der Waals surface area contributed by atoms with Crippen LogP contribution in [-0.4, -0.2) is 31.6 Å². The molecule has 0 radical (unpaired) electrons. The maximum Gasteiger partial charge on any atom is 0.0595 e. The van der Waals surface area contributed by atoms with E-state index >= 15 is 0 Å². The van der Waals surface area contributed by atoms with Gasteiger partial charge in [0, 0.05) is 12.6 Å². The molecular weight excluding hydrogens is 315 g/mol. The molecule has 2 unspecified atom stereocenters. The Morgan fingerprint density at radius 2 is 2.10 bits per heavy atom. The number of hydrogen-bond donors (Lipinski definition) is 1. The van der Waals surface area contributed by atoms with Gasteiger partial charge in [0.15, 0.2) is 0 Å². The topological polar surface area (TPSA) is 15.3 Å². The largest absolute Gasteiger partial charge is 0.319 e. The molecule has 0 aromatic heterocycles. The molecule has 5 heteroatoms. The van der Waals surface area contributed by atoms with E-state index in [-0.39, 0.29) is 12.4 Å². The van der Waals surface area contributed by atoms with Gasteiger partial charge in [-0.1, -0.05) is 29.3 Å². The van der Waals surface area contributed by atoms with E-state index in [1.165, 1.54) is 24.9 Å². The highest BCUT2D eigenvalue weighted by Crippen LogP contribution is 2.30. The maximum absolute atomic E-state index is 6.11. The second kappa shape index (κ2) is 8.45. The number of piperidine rings is 1. The molecule has 2 nitrogen and oxygen atoms in total. The van der Waals surface area contributed by atoms with Crippen LogP contribution in [0.1, 0.15) is 31.4 Å². The Labute approximate surface area is 138 Å². The number of nitrogens with zero attached hydrogens (tertiary/aromatic N) is 1. The molecule has 114 valence electrons. The summed E-state index contributed by atoms with van der Waals surface area (Å²) < 4.78 is 0. The Morgan fingerprint density at radius 1 is 1.35 bits per heavy atom. The van der Waals surface area contributed by atoms with Gasteiger partial charge >= 0.3 is 0 Å². The van der Waals surface area contributed by atoms with E-state index in [2.05, 4.69) is 23.2 Å². The summed E-state index contributed by atoms with van der Waals surface area (Å²) in [5, 5.41) is 4.56. The Hall–Kier alpha value is 0.01000. The summed E-state index contributed by atoms with van der Waals surface area (Å²) in [5.41, 5.74) is 1.25. The standard InChI is InChI=1S/C15H22Cl2N2.ClH/c1-11(13-5-6-14(16)15(17)8-13)19-7-3-4-12(10-19)9-18-2;/h5-6,8,11-12,18H,3-4,7,9-10H2,1-2H3;1H. The fraction of sp³-hybridized carbons (Fsp3) is 0.600. The Bertz CT molecular complexity index is 424. The van der Waals surface area contributed by atoms with E-state index in [9.17, 15) is 0 Å². The molecule has 20 heavy (non-hydrogen) atoms. The molecule has 0 bridgehead atoms. The Balaban J connectivity index is 0.00000200. The first-order valence-electron chi connectivity index (χ1n) is 6.95. The molecule has 1 N–H and O–H groups in total. The van der Waals surface area contributed by atoms with Gasteiger partial charge in [0.1, 0.15) is 0 Å². The first kappa shape index (κ1) is 18.1. The van der Waals surface area contributed by atoms with Gasteiger partial charge in [0.05, 0.1) is 10.0 Å². The van der Waals surface area contributed by atoms with Crippen molar-refractivity contribution in [2.24, 2.45) is 5.92 Å². The molecular formula is C15H23Cl3N2. The van der Waals surface area contributed by atoms with Crippen LogP contribution in [0.5, 0.6) is 0 Å². The van der Waals surface area contributed by atoms with Crippen molar-refractivity contribution in [3.8, 4) is 0 Å². The molecule has 0 spiro atoms. The van der Waals surface area contributed by atoms with Crippen LogP contribution in [-0.2, 0) is 0 Å². The zero-order valence-electron chi connectivity index (χ0n) is 12.0. The third-order valence-corrected chi connectivity index (χ3v) is 4.76. The predicted molar refractivity (Wildman–Crippen MR) is 90.3 cm³/mol. The van der Waals surface area contributed by atoms with Gasteiger partial charge in [0.2, 0.25) is 0 Å². The summed E-state index contributed by atoms with van der Waals surface area (Å²) in [4.78, 5) is 2.55. The van der Waals surface area contributed by atoms with E-state index in [4.69, 9.17) is 23.2 Å². The summed E-state index contributed by atoms with van der Waals surface area (Å²) >= 11 is 12.1. The average molecular weight is 338 g/mol. The average Bonchev–Trinajstić information content (AvgIpc) is 2.42. The molecule has 1 fully saturated rings. The lowest BCUT2D eigenvalue weighted by atomic mass is 9.95. The number of hydrogen-bond acceptors (Lipinski definition) is 2. The molecule has 1 aromatic carbocycles. The summed E-state index contributed by atoms with van der Waals surface area (Å²) in [6.07, 6.45) is 2.60. The summed E-state index contributed by atoms with van der Waals surface area (Å²) in [5.74, 6) is 0.754. The second-order valence-electron chi connectivity index (χ2n) is 5.41. The smallest absolute Gasteiger partial charge is 0.0595 e. The van der Waals surface area contributed by atoms with Gasteiger partial charge < -0.3 is 5.32 Å². The Morgan fingerprint density at radius 3 is 2.75 bits per heavy atom. The predicted octanol–water partition coefficient (Wildman–Crippen LogP) is 4.41. The van der Waals surface area contributed by atoms with E-state index in [1.807, 2.05) is 19.2 Å². The molecule has 0 amide bonds. The van der Waals surface area contributed by atoms with Gasteiger partial charge in [-0.3, -0.25) is 4.90 Å². The van der Waals surface area contributed by atoms with Gasteiger partial charge in [-0.25, -0.2) is 0 Å². The molecule has 2 atom stereocenters.